The highest BCUT2D eigenvalue weighted by atomic mass is 32.2. The molecule has 14 heavy (non-hydrogen) atoms. The lowest BCUT2D eigenvalue weighted by Crippen LogP contribution is -1.93. The van der Waals surface area contributed by atoms with Crippen molar-refractivity contribution in [1.82, 2.24) is 0 Å². The first-order chi connectivity index (χ1) is 6.88. The van der Waals surface area contributed by atoms with Crippen LogP contribution in [0, 0.1) is 0 Å². The fraction of sp³-hybridized carbons (Fsp3) is 0.538. The summed E-state index contributed by atoms with van der Waals surface area (Å²) in [6.07, 6.45) is 3.88. The summed E-state index contributed by atoms with van der Waals surface area (Å²) in [6.45, 7) is 4.53. The first-order valence-electron chi connectivity index (χ1n) is 5.55. The monoisotopic (exact) mass is 208 g/mol. The normalized spacial score (nSPS) is 12.7. The van der Waals surface area contributed by atoms with E-state index in [1.54, 1.807) is 0 Å². The maximum atomic E-state index is 2.27. The zero-order chi connectivity index (χ0) is 10.2. The van der Waals surface area contributed by atoms with Gasteiger partial charge in [-0.1, -0.05) is 50.6 Å². The molecule has 1 aromatic rings. The van der Waals surface area contributed by atoms with Gasteiger partial charge in [-0.2, -0.15) is 11.8 Å². The molecule has 0 heterocycles. The van der Waals surface area contributed by atoms with E-state index in [2.05, 4.69) is 55.9 Å². The van der Waals surface area contributed by atoms with Crippen LogP contribution in [0.4, 0.5) is 0 Å². The highest BCUT2D eigenvalue weighted by Crippen LogP contribution is 2.32. The molecule has 0 amide bonds. The van der Waals surface area contributed by atoms with Crippen molar-refractivity contribution in [3.8, 4) is 0 Å². The van der Waals surface area contributed by atoms with Crippen molar-refractivity contribution in [2.45, 2.75) is 38.4 Å². The Balaban J connectivity index is 2.46. The van der Waals surface area contributed by atoms with Gasteiger partial charge in [-0.15, -0.1) is 0 Å². The lowest BCUT2D eigenvalue weighted by molar-refractivity contribution is 0.867. The van der Waals surface area contributed by atoms with Gasteiger partial charge in [-0.05, 0) is 24.2 Å². The Bertz CT molecular complexity index is 230. The van der Waals surface area contributed by atoms with Gasteiger partial charge < -0.3 is 0 Å². The number of thioether (sulfide) groups is 1. The maximum Gasteiger partial charge on any atom is 0.0294 e. The third-order valence-corrected chi connectivity index (χ3v) is 3.89. The summed E-state index contributed by atoms with van der Waals surface area (Å²) in [7, 11) is 0. The smallest absolute Gasteiger partial charge is 0.0294 e. The van der Waals surface area contributed by atoms with Crippen LogP contribution in [0.2, 0.25) is 0 Å². The van der Waals surface area contributed by atoms with Gasteiger partial charge in [-0.25, -0.2) is 0 Å². The van der Waals surface area contributed by atoms with Gasteiger partial charge in [0.1, 0.15) is 0 Å². The predicted octanol–water partition coefficient (Wildman–Crippen LogP) is 4.67. The minimum atomic E-state index is 0.697. The summed E-state index contributed by atoms with van der Waals surface area (Å²) in [4.78, 5) is 0. The zero-order valence-electron chi connectivity index (χ0n) is 9.20. The molecule has 0 aliphatic carbocycles. The quantitative estimate of drug-likeness (QED) is 0.612. The summed E-state index contributed by atoms with van der Waals surface area (Å²) in [6, 6.07) is 10.9. The standard InChI is InChI=1S/C13H20S/c1-3-5-11-14-13(4-2)12-9-7-6-8-10-12/h6-10,13H,3-5,11H2,1-2H3. The van der Waals surface area contributed by atoms with Crippen LogP contribution >= 0.6 is 11.8 Å². The number of unbranched alkanes of at least 4 members (excludes halogenated alkanes) is 1. The summed E-state index contributed by atoms with van der Waals surface area (Å²) in [5.74, 6) is 1.30. The van der Waals surface area contributed by atoms with Crippen molar-refractivity contribution in [2.75, 3.05) is 5.75 Å². The second-order valence-electron chi connectivity index (χ2n) is 3.53. The molecule has 78 valence electrons. The SMILES string of the molecule is CCCCSC(CC)c1ccccc1. The molecule has 1 atom stereocenters. The van der Waals surface area contributed by atoms with E-state index in [9.17, 15) is 0 Å². The third-order valence-electron chi connectivity index (χ3n) is 2.36. The molecular formula is C13H20S. The van der Waals surface area contributed by atoms with Crippen LogP contribution in [0.5, 0.6) is 0 Å². The Morgan fingerprint density at radius 3 is 2.43 bits per heavy atom. The Morgan fingerprint density at radius 2 is 1.86 bits per heavy atom. The van der Waals surface area contributed by atoms with E-state index in [4.69, 9.17) is 0 Å². The maximum absolute atomic E-state index is 2.27. The summed E-state index contributed by atoms with van der Waals surface area (Å²) < 4.78 is 0. The van der Waals surface area contributed by atoms with Crippen molar-refractivity contribution in [2.24, 2.45) is 0 Å². The first kappa shape index (κ1) is 11.6. The van der Waals surface area contributed by atoms with Crippen molar-refractivity contribution in [3.05, 3.63) is 35.9 Å². The number of benzene rings is 1. The van der Waals surface area contributed by atoms with E-state index in [0.29, 0.717) is 5.25 Å². The molecule has 0 radical (unpaired) electrons. The predicted molar refractivity (Wildman–Crippen MR) is 66.8 cm³/mol. The Hall–Kier alpha value is -0.430. The highest BCUT2D eigenvalue weighted by Gasteiger charge is 2.07. The zero-order valence-corrected chi connectivity index (χ0v) is 10.0. The van der Waals surface area contributed by atoms with E-state index in [0.717, 1.165) is 0 Å². The first-order valence-corrected chi connectivity index (χ1v) is 6.59. The molecule has 1 unspecified atom stereocenters. The molecule has 1 rings (SSSR count). The number of hydrogen-bond acceptors (Lipinski definition) is 1. The molecule has 0 spiro atoms. The average Bonchev–Trinajstić information content (AvgIpc) is 2.26. The summed E-state index contributed by atoms with van der Waals surface area (Å²) >= 11 is 2.10. The largest absolute Gasteiger partial charge is 0.154 e. The molecular weight excluding hydrogens is 188 g/mol. The molecule has 0 aliphatic heterocycles. The van der Waals surface area contributed by atoms with Crippen LogP contribution in [-0.2, 0) is 0 Å². The third kappa shape index (κ3) is 3.75. The van der Waals surface area contributed by atoms with E-state index in [-0.39, 0.29) is 0 Å². The van der Waals surface area contributed by atoms with Crippen LogP contribution in [0.1, 0.15) is 43.9 Å². The van der Waals surface area contributed by atoms with E-state index >= 15 is 0 Å². The molecule has 0 saturated heterocycles. The second-order valence-corrected chi connectivity index (χ2v) is 4.84. The van der Waals surface area contributed by atoms with Crippen LogP contribution < -0.4 is 0 Å². The fourth-order valence-corrected chi connectivity index (χ4v) is 2.81. The minimum Gasteiger partial charge on any atom is -0.154 e. The molecule has 0 aliphatic rings. The van der Waals surface area contributed by atoms with Crippen molar-refractivity contribution in [1.29, 1.82) is 0 Å². The van der Waals surface area contributed by atoms with Crippen molar-refractivity contribution < 1.29 is 0 Å². The molecule has 0 bridgehead atoms. The molecule has 0 N–H and O–H groups in total. The average molecular weight is 208 g/mol. The van der Waals surface area contributed by atoms with Crippen LogP contribution in [0.25, 0.3) is 0 Å². The Labute approximate surface area is 92.1 Å². The van der Waals surface area contributed by atoms with Gasteiger partial charge in [0.05, 0.1) is 0 Å². The van der Waals surface area contributed by atoms with Crippen LogP contribution in [-0.4, -0.2) is 5.75 Å². The van der Waals surface area contributed by atoms with Gasteiger partial charge in [0.2, 0.25) is 0 Å². The van der Waals surface area contributed by atoms with E-state index < -0.39 is 0 Å². The van der Waals surface area contributed by atoms with Gasteiger partial charge in [-0.3, -0.25) is 0 Å². The lowest BCUT2D eigenvalue weighted by atomic mass is 10.1. The summed E-state index contributed by atoms with van der Waals surface area (Å²) in [5, 5.41) is 0.697. The van der Waals surface area contributed by atoms with Gasteiger partial charge in [0.25, 0.3) is 0 Å². The highest BCUT2D eigenvalue weighted by molar-refractivity contribution is 7.99. The molecule has 0 aromatic heterocycles. The molecule has 1 heteroatoms. The Kier molecular flexibility index (Phi) is 5.77. The minimum absolute atomic E-state index is 0.697. The molecule has 0 nitrogen and oxygen atoms in total. The Morgan fingerprint density at radius 1 is 1.14 bits per heavy atom. The lowest BCUT2D eigenvalue weighted by Gasteiger charge is -2.14. The van der Waals surface area contributed by atoms with Gasteiger partial charge >= 0.3 is 0 Å². The second kappa shape index (κ2) is 6.94. The summed E-state index contributed by atoms with van der Waals surface area (Å²) in [5.41, 5.74) is 1.48. The fourth-order valence-electron chi connectivity index (χ4n) is 1.49. The molecule has 0 saturated carbocycles. The molecule has 1 aromatic carbocycles. The van der Waals surface area contributed by atoms with Crippen molar-refractivity contribution >= 4 is 11.8 Å². The number of rotatable bonds is 6. The van der Waals surface area contributed by atoms with Gasteiger partial charge in [0, 0.05) is 5.25 Å². The van der Waals surface area contributed by atoms with Gasteiger partial charge in [0.15, 0.2) is 0 Å². The topological polar surface area (TPSA) is 0 Å². The number of hydrogen-bond donors (Lipinski definition) is 0. The molecule has 0 fully saturated rings. The van der Waals surface area contributed by atoms with E-state index in [1.807, 2.05) is 0 Å². The van der Waals surface area contributed by atoms with Crippen molar-refractivity contribution in [3.63, 3.8) is 0 Å². The van der Waals surface area contributed by atoms with Crippen LogP contribution in [0.15, 0.2) is 30.3 Å². The van der Waals surface area contributed by atoms with Crippen LogP contribution in [0.3, 0.4) is 0 Å². The van der Waals surface area contributed by atoms with E-state index in [1.165, 1.54) is 30.6 Å².